The molecule has 0 unspecified atom stereocenters. The molecule has 0 fully saturated rings. The molecule has 0 aliphatic rings. The average molecular weight is 322 g/mol. The Bertz CT molecular complexity index is 725. The van der Waals surface area contributed by atoms with Crippen LogP contribution < -0.4 is 10.6 Å². The first-order valence-corrected chi connectivity index (χ1v) is 6.62. The van der Waals surface area contributed by atoms with Gasteiger partial charge in [0.15, 0.2) is 0 Å². The second-order valence-corrected chi connectivity index (χ2v) is 4.79. The zero-order chi connectivity index (χ0) is 17.0. The summed E-state index contributed by atoms with van der Waals surface area (Å²) >= 11 is 0. The molecule has 0 bridgehead atoms. The third-order valence-electron chi connectivity index (χ3n) is 2.92. The second kappa shape index (κ2) is 6.51. The van der Waals surface area contributed by atoms with Gasteiger partial charge in [-0.25, -0.2) is 0 Å². The molecule has 7 heteroatoms. The molecule has 23 heavy (non-hydrogen) atoms. The van der Waals surface area contributed by atoms with Gasteiger partial charge in [-0.05, 0) is 42.5 Å². The second-order valence-electron chi connectivity index (χ2n) is 4.79. The first-order chi connectivity index (χ1) is 10.8. The first kappa shape index (κ1) is 16.5. The van der Waals surface area contributed by atoms with Crippen LogP contribution in [0.3, 0.4) is 0 Å². The maximum absolute atomic E-state index is 12.5. The van der Waals surface area contributed by atoms with Crippen molar-refractivity contribution in [2.45, 2.75) is 13.1 Å². The van der Waals surface area contributed by atoms with Crippen molar-refractivity contribution in [2.24, 2.45) is 0 Å². The largest absolute Gasteiger partial charge is 0.416 e. The summed E-state index contributed by atoms with van der Waals surface area (Å²) in [5, 5.41) is 5.04. The fourth-order valence-corrected chi connectivity index (χ4v) is 1.89. The number of anilines is 2. The fourth-order valence-electron chi connectivity index (χ4n) is 1.89. The Labute approximate surface area is 130 Å². The molecule has 4 nitrogen and oxygen atoms in total. The van der Waals surface area contributed by atoms with Gasteiger partial charge in [-0.1, -0.05) is 6.07 Å². The lowest BCUT2D eigenvalue weighted by molar-refractivity contribution is -0.137. The summed E-state index contributed by atoms with van der Waals surface area (Å²) in [5.74, 6) is -0.762. The molecule has 0 radical (unpaired) electrons. The molecule has 0 heterocycles. The molecule has 0 aliphatic carbocycles. The summed E-state index contributed by atoms with van der Waals surface area (Å²) in [7, 11) is 0. The van der Waals surface area contributed by atoms with E-state index in [0.717, 1.165) is 12.1 Å². The molecule has 2 N–H and O–H groups in total. The standard InChI is InChI=1S/C16H13F3N2O2/c1-10(22)20-14-4-2-3-11(9-14)15(23)21-13-7-5-12(6-8-13)16(17,18)19/h2-9H,1H3,(H,20,22)(H,21,23). The predicted molar refractivity (Wildman–Crippen MR) is 80.1 cm³/mol. The zero-order valence-corrected chi connectivity index (χ0v) is 12.1. The number of hydrogen-bond donors (Lipinski definition) is 2. The van der Waals surface area contributed by atoms with E-state index < -0.39 is 17.6 Å². The average Bonchev–Trinajstić information content (AvgIpc) is 2.46. The van der Waals surface area contributed by atoms with Crippen LogP contribution in [0.4, 0.5) is 24.5 Å². The fraction of sp³-hybridized carbons (Fsp3) is 0.125. The predicted octanol–water partition coefficient (Wildman–Crippen LogP) is 3.92. The van der Waals surface area contributed by atoms with Gasteiger partial charge in [0.25, 0.3) is 5.91 Å². The number of amides is 2. The zero-order valence-electron chi connectivity index (χ0n) is 12.1. The van der Waals surface area contributed by atoms with Crippen LogP contribution in [0.1, 0.15) is 22.8 Å². The number of alkyl halides is 3. The van der Waals surface area contributed by atoms with Gasteiger partial charge in [0, 0.05) is 23.9 Å². The maximum Gasteiger partial charge on any atom is 0.416 e. The number of carbonyl (C=O) groups excluding carboxylic acids is 2. The first-order valence-electron chi connectivity index (χ1n) is 6.62. The van der Waals surface area contributed by atoms with Crippen molar-refractivity contribution < 1.29 is 22.8 Å². The number of rotatable bonds is 3. The molecule has 0 aromatic heterocycles. The van der Waals surface area contributed by atoms with Gasteiger partial charge < -0.3 is 10.6 Å². The third kappa shape index (κ3) is 4.57. The van der Waals surface area contributed by atoms with Gasteiger partial charge >= 0.3 is 6.18 Å². The summed E-state index contributed by atoms with van der Waals surface area (Å²) in [6, 6.07) is 10.4. The van der Waals surface area contributed by atoms with E-state index in [0.29, 0.717) is 5.69 Å². The quantitative estimate of drug-likeness (QED) is 0.900. The Kier molecular flexibility index (Phi) is 4.68. The summed E-state index contributed by atoms with van der Waals surface area (Å²) < 4.78 is 37.4. The van der Waals surface area contributed by atoms with Crippen LogP contribution in [0.25, 0.3) is 0 Å². The number of nitrogens with one attached hydrogen (secondary N) is 2. The van der Waals surface area contributed by atoms with Crippen LogP contribution in [0.5, 0.6) is 0 Å². The van der Waals surface area contributed by atoms with Crippen LogP contribution in [-0.4, -0.2) is 11.8 Å². The van der Waals surface area contributed by atoms with Crippen molar-refractivity contribution in [3.8, 4) is 0 Å². The minimum atomic E-state index is -4.42. The van der Waals surface area contributed by atoms with Gasteiger partial charge in [-0.2, -0.15) is 13.2 Å². The highest BCUT2D eigenvalue weighted by Crippen LogP contribution is 2.29. The monoisotopic (exact) mass is 322 g/mol. The van der Waals surface area contributed by atoms with E-state index in [9.17, 15) is 22.8 Å². The van der Waals surface area contributed by atoms with Crippen molar-refractivity contribution in [1.82, 2.24) is 0 Å². The molecular weight excluding hydrogens is 309 g/mol. The van der Waals surface area contributed by atoms with Crippen LogP contribution in [-0.2, 0) is 11.0 Å². The van der Waals surface area contributed by atoms with Crippen LogP contribution >= 0.6 is 0 Å². The van der Waals surface area contributed by atoms with Gasteiger partial charge in [0.2, 0.25) is 5.91 Å². The molecular formula is C16H13F3N2O2. The molecule has 2 rings (SSSR count). The summed E-state index contributed by atoms with van der Waals surface area (Å²) in [6.07, 6.45) is -4.42. The Morgan fingerprint density at radius 3 is 2.13 bits per heavy atom. The number of carbonyl (C=O) groups is 2. The van der Waals surface area contributed by atoms with Crippen LogP contribution in [0, 0.1) is 0 Å². The smallest absolute Gasteiger partial charge is 0.326 e. The van der Waals surface area contributed by atoms with E-state index in [-0.39, 0.29) is 17.2 Å². The van der Waals surface area contributed by atoms with Gasteiger partial charge in [-0.3, -0.25) is 9.59 Å². The number of hydrogen-bond acceptors (Lipinski definition) is 2. The SMILES string of the molecule is CC(=O)Nc1cccc(C(=O)Nc2ccc(C(F)(F)F)cc2)c1. The van der Waals surface area contributed by atoms with Crippen molar-refractivity contribution in [3.63, 3.8) is 0 Å². The summed E-state index contributed by atoms with van der Waals surface area (Å²) in [4.78, 5) is 23.1. The van der Waals surface area contributed by atoms with Gasteiger partial charge in [0.1, 0.15) is 0 Å². The third-order valence-corrected chi connectivity index (χ3v) is 2.92. The normalized spacial score (nSPS) is 11.0. The van der Waals surface area contributed by atoms with Crippen molar-refractivity contribution in [2.75, 3.05) is 10.6 Å². The molecule has 120 valence electrons. The molecule has 2 aromatic rings. The van der Waals surface area contributed by atoms with Crippen molar-refractivity contribution in [3.05, 3.63) is 59.7 Å². The Morgan fingerprint density at radius 2 is 1.57 bits per heavy atom. The lowest BCUT2D eigenvalue weighted by Gasteiger charge is -2.09. The molecule has 0 aliphatic heterocycles. The minimum absolute atomic E-state index is 0.243. The molecule has 0 atom stereocenters. The maximum atomic E-state index is 12.5. The van der Waals surface area contributed by atoms with Gasteiger partial charge in [-0.15, -0.1) is 0 Å². The lowest BCUT2D eigenvalue weighted by Crippen LogP contribution is -2.13. The van der Waals surface area contributed by atoms with Gasteiger partial charge in [0.05, 0.1) is 5.56 Å². The Morgan fingerprint density at radius 1 is 0.913 bits per heavy atom. The van der Waals surface area contributed by atoms with Crippen LogP contribution in [0.2, 0.25) is 0 Å². The van der Waals surface area contributed by atoms with E-state index in [1.165, 1.54) is 31.2 Å². The Hall–Kier alpha value is -2.83. The molecule has 0 spiro atoms. The Balaban J connectivity index is 2.11. The minimum Gasteiger partial charge on any atom is -0.326 e. The highest BCUT2D eigenvalue weighted by Gasteiger charge is 2.29. The number of benzene rings is 2. The summed E-state index contributed by atoms with van der Waals surface area (Å²) in [5.41, 5.74) is 0.185. The van der Waals surface area contributed by atoms with Crippen molar-refractivity contribution >= 4 is 23.2 Å². The van der Waals surface area contributed by atoms with E-state index in [4.69, 9.17) is 0 Å². The van der Waals surface area contributed by atoms with E-state index in [1.807, 2.05) is 0 Å². The van der Waals surface area contributed by atoms with Crippen molar-refractivity contribution in [1.29, 1.82) is 0 Å². The van der Waals surface area contributed by atoms with E-state index >= 15 is 0 Å². The van der Waals surface area contributed by atoms with E-state index in [1.54, 1.807) is 12.1 Å². The lowest BCUT2D eigenvalue weighted by atomic mass is 10.1. The molecule has 2 aromatic carbocycles. The topological polar surface area (TPSA) is 58.2 Å². The number of halogens is 3. The molecule has 0 saturated carbocycles. The van der Waals surface area contributed by atoms with Crippen LogP contribution in [0.15, 0.2) is 48.5 Å². The summed E-state index contributed by atoms with van der Waals surface area (Å²) in [6.45, 7) is 1.34. The molecule has 2 amide bonds. The highest BCUT2D eigenvalue weighted by molar-refractivity contribution is 6.05. The molecule has 0 saturated heterocycles. The van der Waals surface area contributed by atoms with E-state index in [2.05, 4.69) is 10.6 Å². The highest BCUT2D eigenvalue weighted by atomic mass is 19.4.